The van der Waals surface area contributed by atoms with Crippen LogP contribution in [0.5, 0.6) is 0 Å². The first kappa shape index (κ1) is 15.9. The van der Waals surface area contributed by atoms with Gasteiger partial charge >= 0.3 is 0 Å². The molecule has 8 nitrogen and oxygen atoms in total. The molecule has 0 aliphatic heterocycles. The van der Waals surface area contributed by atoms with Crippen molar-refractivity contribution in [1.29, 1.82) is 0 Å². The standard InChI is InChI=1S/C18H17N7O/c26-18(15-6-4-14(5-7-15)11-24-13-19-12-21-24)20-9-8-17-23-22-16-3-1-2-10-25(16)17/h1-7,10,12-13H,8-9,11H2,(H,20,26). The molecule has 0 bridgehead atoms. The molecule has 0 saturated carbocycles. The number of carbonyl (C=O) groups is 1. The predicted molar refractivity (Wildman–Crippen MR) is 94.6 cm³/mol. The van der Waals surface area contributed by atoms with Crippen LogP contribution in [0.4, 0.5) is 0 Å². The number of nitrogens with zero attached hydrogens (tertiary/aromatic N) is 6. The van der Waals surface area contributed by atoms with Crippen LogP contribution < -0.4 is 5.32 Å². The molecule has 4 rings (SSSR count). The van der Waals surface area contributed by atoms with Crippen molar-refractivity contribution < 1.29 is 4.79 Å². The van der Waals surface area contributed by atoms with E-state index in [0.717, 1.165) is 17.0 Å². The number of fused-ring (bicyclic) bond motifs is 1. The number of benzene rings is 1. The van der Waals surface area contributed by atoms with Crippen LogP contribution in [0.2, 0.25) is 0 Å². The Bertz CT molecular complexity index is 1010. The molecule has 4 aromatic rings. The van der Waals surface area contributed by atoms with E-state index < -0.39 is 0 Å². The van der Waals surface area contributed by atoms with Gasteiger partial charge in [0.15, 0.2) is 5.65 Å². The van der Waals surface area contributed by atoms with Crippen LogP contribution in [0.1, 0.15) is 21.7 Å². The number of carbonyl (C=O) groups excluding carboxylic acids is 1. The Hall–Kier alpha value is -3.55. The second-order valence-electron chi connectivity index (χ2n) is 5.84. The second kappa shape index (κ2) is 7.14. The number of nitrogens with one attached hydrogen (secondary N) is 1. The Balaban J connectivity index is 1.33. The number of hydrogen-bond donors (Lipinski definition) is 1. The topological polar surface area (TPSA) is 90.0 Å². The molecule has 3 aromatic heterocycles. The van der Waals surface area contributed by atoms with Crippen molar-refractivity contribution in [3.05, 3.63) is 78.3 Å². The summed E-state index contributed by atoms with van der Waals surface area (Å²) in [5.74, 6) is 0.718. The molecule has 3 heterocycles. The quantitative estimate of drug-likeness (QED) is 0.568. The van der Waals surface area contributed by atoms with Crippen molar-refractivity contribution in [3.63, 3.8) is 0 Å². The van der Waals surface area contributed by atoms with E-state index in [9.17, 15) is 4.79 Å². The van der Waals surface area contributed by atoms with Gasteiger partial charge in [0.1, 0.15) is 18.5 Å². The number of amides is 1. The highest BCUT2D eigenvalue weighted by Gasteiger charge is 2.08. The molecular weight excluding hydrogens is 330 g/mol. The molecule has 130 valence electrons. The molecule has 0 saturated heterocycles. The van der Waals surface area contributed by atoms with Crippen molar-refractivity contribution >= 4 is 11.6 Å². The molecule has 0 aliphatic carbocycles. The first-order valence-electron chi connectivity index (χ1n) is 8.28. The lowest BCUT2D eigenvalue weighted by atomic mass is 10.1. The smallest absolute Gasteiger partial charge is 0.251 e. The molecular formula is C18H17N7O. The Labute approximate surface area is 149 Å². The Morgan fingerprint density at radius 1 is 1.08 bits per heavy atom. The Morgan fingerprint density at radius 2 is 1.96 bits per heavy atom. The molecule has 0 spiro atoms. The largest absolute Gasteiger partial charge is 0.352 e. The van der Waals surface area contributed by atoms with Gasteiger partial charge in [-0.1, -0.05) is 18.2 Å². The lowest BCUT2D eigenvalue weighted by Crippen LogP contribution is -2.26. The zero-order chi connectivity index (χ0) is 17.8. The van der Waals surface area contributed by atoms with Crippen molar-refractivity contribution in [3.8, 4) is 0 Å². The maximum Gasteiger partial charge on any atom is 0.251 e. The molecule has 1 amide bonds. The minimum Gasteiger partial charge on any atom is -0.352 e. The summed E-state index contributed by atoms with van der Waals surface area (Å²) >= 11 is 0. The number of hydrogen-bond acceptors (Lipinski definition) is 5. The summed E-state index contributed by atoms with van der Waals surface area (Å²) in [4.78, 5) is 16.2. The first-order valence-corrected chi connectivity index (χ1v) is 8.28. The highest BCUT2D eigenvalue weighted by Crippen LogP contribution is 2.07. The van der Waals surface area contributed by atoms with Crippen LogP contribution in [0.25, 0.3) is 5.65 Å². The molecule has 0 radical (unpaired) electrons. The summed E-state index contributed by atoms with van der Waals surface area (Å²) in [6.07, 6.45) is 5.69. The van der Waals surface area contributed by atoms with E-state index in [0.29, 0.717) is 25.1 Å². The average molecular weight is 347 g/mol. The maximum atomic E-state index is 12.3. The van der Waals surface area contributed by atoms with E-state index in [-0.39, 0.29) is 5.91 Å². The maximum absolute atomic E-state index is 12.3. The van der Waals surface area contributed by atoms with Crippen molar-refractivity contribution in [2.45, 2.75) is 13.0 Å². The van der Waals surface area contributed by atoms with Crippen LogP contribution in [0.15, 0.2) is 61.3 Å². The molecule has 0 atom stereocenters. The van der Waals surface area contributed by atoms with Crippen molar-refractivity contribution in [2.24, 2.45) is 0 Å². The lowest BCUT2D eigenvalue weighted by Gasteiger charge is -2.06. The molecule has 0 unspecified atom stereocenters. The third kappa shape index (κ3) is 3.44. The van der Waals surface area contributed by atoms with Gasteiger partial charge in [0.2, 0.25) is 0 Å². The SMILES string of the molecule is O=C(NCCc1nnc2ccccn12)c1ccc(Cn2cncn2)cc1. The number of pyridine rings is 1. The van der Waals surface area contributed by atoms with Crippen LogP contribution in [-0.2, 0) is 13.0 Å². The van der Waals surface area contributed by atoms with Gasteiger partial charge in [0, 0.05) is 24.7 Å². The summed E-state index contributed by atoms with van der Waals surface area (Å²) in [5.41, 5.74) is 2.48. The summed E-state index contributed by atoms with van der Waals surface area (Å²) in [7, 11) is 0. The normalized spacial score (nSPS) is 10.9. The number of rotatable bonds is 6. The monoisotopic (exact) mass is 347 g/mol. The van der Waals surface area contributed by atoms with E-state index >= 15 is 0 Å². The van der Waals surface area contributed by atoms with Crippen LogP contribution in [0, 0.1) is 0 Å². The van der Waals surface area contributed by atoms with E-state index in [1.54, 1.807) is 11.0 Å². The van der Waals surface area contributed by atoms with Crippen molar-refractivity contribution in [1.82, 2.24) is 34.7 Å². The van der Waals surface area contributed by atoms with E-state index in [4.69, 9.17) is 0 Å². The Kier molecular flexibility index (Phi) is 4.38. The average Bonchev–Trinajstić information content (AvgIpc) is 3.32. The fraction of sp³-hybridized carbons (Fsp3) is 0.167. The summed E-state index contributed by atoms with van der Waals surface area (Å²) in [6, 6.07) is 13.2. The third-order valence-electron chi connectivity index (χ3n) is 4.05. The molecule has 8 heteroatoms. The van der Waals surface area contributed by atoms with Gasteiger partial charge in [-0.2, -0.15) is 5.10 Å². The number of aromatic nitrogens is 6. The molecule has 1 aromatic carbocycles. The first-order chi connectivity index (χ1) is 12.8. The zero-order valence-corrected chi connectivity index (χ0v) is 14.0. The highest BCUT2D eigenvalue weighted by atomic mass is 16.1. The fourth-order valence-corrected chi connectivity index (χ4v) is 2.71. The van der Waals surface area contributed by atoms with Crippen LogP contribution >= 0.6 is 0 Å². The van der Waals surface area contributed by atoms with E-state index in [2.05, 4.69) is 25.6 Å². The van der Waals surface area contributed by atoms with Gasteiger partial charge < -0.3 is 5.32 Å². The lowest BCUT2D eigenvalue weighted by molar-refractivity contribution is 0.0954. The van der Waals surface area contributed by atoms with Gasteiger partial charge in [-0.05, 0) is 29.8 Å². The second-order valence-corrected chi connectivity index (χ2v) is 5.84. The van der Waals surface area contributed by atoms with Gasteiger partial charge in [-0.3, -0.25) is 9.20 Å². The van der Waals surface area contributed by atoms with Gasteiger partial charge in [0.25, 0.3) is 5.91 Å². The van der Waals surface area contributed by atoms with E-state index in [1.165, 1.54) is 6.33 Å². The zero-order valence-electron chi connectivity index (χ0n) is 14.0. The van der Waals surface area contributed by atoms with Crippen LogP contribution in [0.3, 0.4) is 0 Å². The van der Waals surface area contributed by atoms with Gasteiger partial charge in [-0.15, -0.1) is 10.2 Å². The third-order valence-corrected chi connectivity index (χ3v) is 4.05. The summed E-state index contributed by atoms with van der Waals surface area (Å²) in [6.45, 7) is 1.12. The summed E-state index contributed by atoms with van der Waals surface area (Å²) < 4.78 is 3.66. The van der Waals surface area contributed by atoms with E-state index in [1.807, 2.05) is 53.1 Å². The summed E-state index contributed by atoms with van der Waals surface area (Å²) in [5, 5.41) is 15.3. The molecule has 1 N–H and O–H groups in total. The minimum absolute atomic E-state index is 0.105. The molecule has 0 fully saturated rings. The fourth-order valence-electron chi connectivity index (χ4n) is 2.71. The molecule has 0 aliphatic rings. The van der Waals surface area contributed by atoms with Gasteiger partial charge in [0.05, 0.1) is 6.54 Å². The minimum atomic E-state index is -0.105. The highest BCUT2D eigenvalue weighted by molar-refractivity contribution is 5.94. The predicted octanol–water partition coefficient (Wildman–Crippen LogP) is 1.34. The van der Waals surface area contributed by atoms with Gasteiger partial charge in [-0.25, -0.2) is 9.67 Å². The van der Waals surface area contributed by atoms with Crippen molar-refractivity contribution in [2.75, 3.05) is 6.54 Å². The molecule has 26 heavy (non-hydrogen) atoms. The van der Waals surface area contributed by atoms with Crippen LogP contribution in [-0.4, -0.2) is 41.8 Å². The Morgan fingerprint density at radius 3 is 2.77 bits per heavy atom.